The van der Waals surface area contributed by atoms with Crippen LogP contribution in [0.2, 0.25) is 0 Å². The van der Waals surface area contributed by atoms with E-state index in [0.29, 0.717) is 19.4 Å². The number of benzene rings is 2. The smallest absolute Gasteiger partial charge is 0.227 e. The molecule has 0 fully saturated rings. The lowest BCUT2D eigenvalue weighted by molar-refractivity contribution is -0.129. The van der Waals surface area contributed by atoms with Crippen LogP contribution in [0.25, 0.3) is 0 Å². The molecule has 4 nitrogen and oxygen atoms in total. The van der Waals surface area contributed by atoms with Crippen LogP contribution >= 0.6 is 0 Å². The topological polar surface area (TPSA) is 40.6 Å². The fourth-order valence-electron chi connectivity index (χ4n) is 3.16. The van der Waals surface area contributed by atoms with Gasteiger partial charge in [-0.2, -0.15) is 0 Å². The summed E-state index contributed by atoms with van der Waals surface area (Å²) >= 11 is 0. The van der Waals surface area contributed by atoms with Gasteiger partial charge in [0, 0.05) is 25.7 Å². The van der Waals surface area contributed by atoms with E-state index in [1.807, 2.05) is 58.2 Å². The summed E-state index contributed by atoms with van der Waals surface area (Å²) in [5, 5.41) is 0. The zero-order valence-electron chi connectivity index (χ0n) is 17.8. The Balaban J connectivity index is 2.19. The zero-order chi connectivity index (χ0) is 21.4. The van der Waals surface area contributed by atoms with Crippen molar-refractivity contribution >= 4 is 17.5 Å². The van der Waals surface area contributed by atoms with Gasteiger partial charge in [-0.25, -0.2) is 4.39 Å². The largest absolute Gasteiger partial charge is 0.345 e. The first-order valence-corrected chi connectivity index (χ1v) is 10.2. The number of rotatable bonds is 9. The monoisotopic (exact) mass is 398 g/mol. The Bertz CT molecular complexity index is 818. The highest BCUT2D eigenvalue weighted by atomic mass is 19.1. The van der Waals surface area contributed by atoms with Gasteiger partial charge in [0.25, 0.3) is 0 Å². The molecular weight excluding hydrogens is 367 g/mol. The van der Waals surface area contributed by atoms with Gasteiger partial charge in [-0.15, -0.1) is 0 Å². The first kappa shape index (κ1) is 22.6. The van der Waals surface area contributed by atoms with E-state index < -0.39 is 0 Å². The molecule has 0 saturated heterocycles. The van der Waals surface area contributed by atoms with Crippen molar-refractivity contribution in [1.82, 2.24) is 4.90 Å². The molecule has 2 aromatic rings. The van der Waals surface area contributed by atoms with Crippen molar-refractivity contribution in [1.29, 1.82) is 0 Å². The molecule has 2 amide bonds. The molecular formula is C24H31FN2O2. The van der Waals surface area contributed by atoms with Gasteiger partial charge in [-0.3, -0.25) is 9.59 Å². The molecule has 5 heteroatoms. The van der Waals surface area contributed by atoms with Crippen LogP contribution in [0.5, 0.6) is 0 Å². The maximum Gasteiger partial charge on any atom is 0.227 e. The molecule has 0 N–H and O–H groups in total. The minimum Gasteiger partial charge on any atom is -0.345 e. The Morgan fingerprint density at radius 1 is 1.00 bits per heavy atom. The van der Waals surface area contributed by atoms with Crippen molar-refractivity contribution in [3.63, 3.8) is 0 Å². The van der Waals surface area contributed by atoms with Crippen LogP contribution in [0, 0.1) is 11.7 Å². The van der Waals surface area contributed by atoms with Gasteiger partial charge in [0.1, 0.15) is 5.82 Å². The van der Waals surface area contributed by atoms with E-state index in [1.165, 1.54) is 12.1 Å². The zero-order valence-corrected chi connectivity index (χ0v) is 17.8. The molecule has 0 heterocycles. The van der Waals surface area contributed by atoms with Crippen LogP contribution in [-0.4, -0.2) is 30.3 Å². The molecule has 0 aliphatic heterocycles. The van der Waals surface area contributed by atoms with Crippen LogP contribution in [0.1, 0.15) is 44.7 Å². The molecule has 0 radical (unpaired) electrons. The lowest BCUT2D eigenvalue weighted by Crippen LogP contribution is -2.31. The number of hydrogen-bond donors (Lipinski definition) is 0. The van der Waals surface area contributed by atoms with E-state index in [2.05, 4.69) is 0 Å². The second-order valence-corrected chi connectivity index (χ2v) is 7.87. The third kappa shape index (κ3) is 7.00. The molecule has 0 spiro atoms. The Morgan fingerprint density at radius 3 is 2.28 bits per heavy atom. The Kier molecular flexibility index (Phi) is 8.37. The SMILES string of the molecule is CCCN(C)C(=O)Cc1ccc(N(Cc2cccc(F)c2)C(=O)CC(C)C)cc1. The van der Waals surface area contributed by atoms with Gasteiger partial charge in [0.05, 0.1) is 13.0 Å². The summed E-state index contributed by atoms with van der Waals surface area (Å²) in [7, 11) is 1.81. The van der Waals surface area contributed by atoms with Crippen molar-refractivity contribution in [2.75, 3.05) is 18.5 Å². The minimum absolute atomic E-state index is 0.00392. The molecule has 0 atom stereocenters. The summed E-state index contributed by atoms with van der Waals surface area (Å²) in [4.78, 5) is 28.5. The van der Waals surface area contributed by atoms with Gasteiger partial charge < -0.3 is 9.80 Å². The molecule has 2 aromatic carbocycles. The van der Waals surface area contributed by atoms with Gasteiger partial charge in [0.2, 0.25) is 11.8 Å². The third-order valence-corrected chi connectivity index (χ3v) is 4.70. The van der Waals surface area contributed by atoms with Crippen LogP contribution in [-0.2, 0) is 22.6 Å². The maximum atomic E-state index is 13.6. The van der Waals surface area contributed by atoms with Crippen LogP contribution in [0.15, 0.2) is 48.5 Å². The van der Waals surface area contributed by atoms with E-state index >= 15 is 0 Å². The number of anilines is 1. The van der Waals surface area contributed by atoms with Gasteiger partial charge in [-0.1, -0.05) is 45.0 Å². The Hall–Kier alpha value is -2.69. The van der Waals surface area contributed by atoms with Crippen LogP contribution in [0.3, 0.4) is 0 Å². The lowest BCUT2D eigenvalue weighted by Gasteiger charge is -2.24. The third-order valence-electron chi connectivity index (χ3n) is 4.70. The number of hydrogen-bond acceptors (Lipinski definition) is 2. The fourth-order valence-corrected chi connectivity index (χ4v) is 3.16. The van der Waals surface area contributed by atoms with Crippen molar-refractivity contribution in [3.8, 4) is 0 Å². The summed E-state index contributed by atoms with van der Waals surface area (Å²) in [5.74, 6) is -0.0183. The predicted octanol–water partition coefficient (Wildman–Crippen LogP) is 4.82. The highest BCUT2D eigenvalue weighted by Gasteiger charge is 2.18. The van der Waals surface area contributed by atoms with E-state index in [4.69, 9.17) is 0 Å². The second kappa shape index (κ2) is 10.7. The molecule has 156 valence electrons. The molecule has 0 aliphatic rings. The van der Waals surface area contributed by atoms with E-state index in [-0.39, 0.29) is 23.5 Å². The van der Waals surface area contributed by atoms with Gasteiger partial charge >= 0.3 is 0 Å². The average molecular weight is 399 g/mol. The van der Waals surface area contributed by atoms with Crippen LogP contribution in [0.4, 0.5) is 10.1 Å². The number of nitrogens with zero attached hydrogens (tertiary/aromatic N) is 2. The van der Waals surface area contributed by atoms with E-state index in [1.54, 1.807) is 15.9 Å². The summed E-state index contributed by atoms with van der Waals surface area (Å²) in [6.45, 7) is 7.09. The summed E-state index contributed by atoms with van der Waals surface area (Å²) in [6.07, 6.45) is 1.67. The predicted molar refractivity (Wildman–Crippen MR) is 115 cm³/mol. The Morgan fingerprint density at radius 2 is 1.69 bits per heavy atom. The quantitative estimate of drug-likeness (QED) is 0.608. The van der Waals surface area contributed by atoms with Gasteiger partial charge in [-0.05, 0) is 47.7 Å². The molecule has 0 unspecified atom stereocenters. The molecule has 0 bridgehead atoms. The molecule has 0 aromatic heterocycles. The molecule has 2 rings (SSSR count). The second-order valence-electron chi connectivity index (χ2n) is 7.87. The Labute approximate surface area is 173 Å². The minimum atomic E-state index is -0.316. The highest BCUT2D eigenvalue weighted by molar-refractivity contribution is 5.93. The summed E-state index contributed by atoms with van der Waals surface area (Å²) < 4.78 is 13.6. The van der Waals surface area contributed by atoms with E-state index in [0.717, 1.165) is 29.8 Å². The maximum absolute atomic E-state index is 13.6. The molecule has 0 aliphatic carbocycles. The summed E-state index contributed by atoms with van der Waals surface area (Å²) in [5.41, 5.74) is 2.39. The van der Waals surface area contributed by atoms with Crippen molar-refractivity contribution in [2.45, 2.75) is 46.6 Å². The molecule has 29 heavy (non-hydrogen) atoms. The van der Waals surface area contributed by atoms with E-state index in [9.17, 15) is 14.0 Å². The number of halogens is 1. The number of amides is 2. The number of carbonyl (C=O) groups is 2. The first-order valence-electron chi connectivity index (χ1n) is 10.2. The first-order chi connectivity index (χ1) is 13.8. The normalized spacial score (nSPS) is 10.8. The van der Waals surface area contributed by atoms with Crippen molar-refractivity contribution in [3.05, 3.63) is 65.5 Å². The molecule has 0 saturated carbocycles. The average Bonchev–Trinajstić information content (AvgIpc) is 2.66. The lowest BCUT2D eigenvalue weighted by atomic mass is 10.1. The van der Waals surface area contributed by atoms with Crippen LogP contribution < -0.4 is 4.90 Å². The summed E-state index contributed by atoms with van der Waals surface area (Å²) in [6, 6.07) is 13.8. The highest BCUT2D eigenvalue weighted by Crippen LogP contribution is 2.21. The standard InChI is InChI=1S/C24H31FN2O2/c1-5-13-26(4)23(28)16-19-9-11-22(12-10-19)27(24(29)14-18(2)3)17-20-7-6-8-21(25)15-20/h6-12,15,18H,5,13-14,16-17H2,1-4H3. The fraction of sp³-hybridized carbons (Fsp3) is 0.417. The van der Waals surface area contributed by atoms with Crippen molar-refractivity contribution in [2.24, 2.45) is 5.92 Å². The van der Waals surface area contributed by atoms with Gasteiger partial charge in [0.15, 0.2) is 0 Å². The van der Waals surface area contributed by atoms with Crippen molar-refractivity contribution < 1.29 is 14.0 Å². The number of likely N-dealkylation sites (N-methyl/N-ethyl adjacent to an activating group) is 1. The number of carbonyl (C=O) groups excluding carboxylic acids is 2.